The largest absolute Gasteiger partial charge is 0.384 e. The Hall–Kier alpha value is -1.78. The second-order valence-corrected chi connectivity index (χ2v) is 4.82. The average molecular weight is 262 g/mol. The molecule has 1 aliphatic heterocycles. The maximum absolute atomic E-state index is 11.9. The van der Waals surface area contributed by atoms with Gasteiger partial charge in [0.25, 0.3) is 0 Å². The number of hydrogen-bond donors (Lipinski definition) is 2. The summed E-state index contributed by atoms with van der Waals surface area (Å²) in [5.74, 6) is 0.0874. The van der Waals surface area contributed by atoms with Crippen LogP contribution in [0.3, 0.4) is 0 Å². The molecular weight excluding hydrogens is 240 g/mol. The highest BCUT2D eigenvalue weighted by atomic mass is 16.2. The van der Waals surface area contributed by atoms with Gasteiger partial charge in [-0.3, -0.25) is 9.78 Å². The SMILES string of the molecule is CCCNc1cncc(N2CCCC2C(=O)NC)c1. The maximum Gasteiger partial charge on any atom is 0.242 e. The molecule has 1 fully saturated rings. The van der Waals surface area contributed by atoms with E-state index in [0.717, 1.165) is 43.7 Å². The molecule has 1 aromatic rings. The van der Waals surface area contributed by atoms with Crippen molar-refractivity contribution in [1.29, 1.82) is 0 Å². The second-order valence-electron chi connectivity index (χ2n) is 4.82. The third-order valence-electron chi connectivity index (χ3n) is 3.44. The molecule has 2 N–H and O–H groups in total. The van der Waals surface area contributed by atoms with Crippen molar-refractivity contribution in [3.63, 3.8) is 0 Å². The van der Waals surface area contributed by atoms with E-state index in [9.17, 15) is 4.79 Å². The van der Waals surface area contributed by atoms with Gasteiger partial charge < -0.3 is 15.5 Å². The number of likely N-dealkylation sites (N-methyl/N-ethyl adjacent to an activating group) is 1. The summed E-state index contributed by atoms with van der Waals surface area (Å²) in [6, 6.07) is 2.01. The molecule has 1 aromatic heterocycles. The zero-order valence-electron chi connectivity index (χ0n) is 11.6. The first-order chi connectivity index (χ1) is 9.26. The fourth-order valence-electron chi connectivity index (χ4n) is 2.47. The molecule has 0 aliphatic carbocycles. The molecule has 2 heterocycles. The van der Waals surface area contributed by atoms with E-state index in [4.69, 9.17) is 0 Å². The van der Waals surface area contributed by atoms with Crippen LogP contribution in [0.4, 0.5) is 11.4 Å². The van der Waals surface area contributed by atoms with Crippen molar-refractivity contribution in [3.05, 3.63) is 18.5 Å². The summed E-state index contributed by atoms with van der Waals surface area (Å²) in [6.07, 6.45) is 6.69. The Morgan fingerprint density at radius 3 is 3.11 bits per heavy atom. The van der Waals surface area contributed by atoms with E-state index < -0.39 is 0 Å². The molecule has 1 atom stereocenters. The minimum absolute atomic E-state index is 0.0618. The lowest BCUT2D eigenvalue weighted by atomic mass is 10.2. The molecule has 0 radical (unpaired) electrons. The molecule has 5 nitrogen and oxygen atoms in total. The Labute approximate surface area is 114 Å². The van der Waals surface area contributed by atoms with E-state index in [1.165, 1.54) is 0 Å². The Morgan fingerprint density at radius 2 is 2.37 bits per heavy atom. The van der Waals surface area contributed by atoms with Gasteiger partial charge in [-0.15, -0.1) is 0 Å². The number of carbonyl (C=O) groups is 1. The Bertz CT molecular complexity index is 435. The highest BCUT2D eigenvalue weighted by Crippen LogP contribution is 2.26. The van der Waals surface area contributed by atoms with E-state index in [1.807, 2.05) is 12.4 Å². The molecule has 1 saturated heterocycles. The zero-order valence-corrected chi connectivity index (χ0v) is 11.6. The van der Waals surface area contributed by atoms with Crippen LogP contribution in [0.25, 0.3) is 0 Å². The summed E-state index contributed by atoms with van der Waals surface area (Å²) in [4.78, 5) is 18.3. The maximum atomic E-state index is 11.9. The van der Waals surface area contributed by atoms with Gasteiger partial charge in [0, 0.05) is 20.1 Å². The van der Waals surface area contributed by atoms with Crippen molar-refractivity contribution in [3.8, 4) is 0 Å². The molecule has 1 amide bonds. The predicted molar refractivity (Wildman–Crippen MR) is 77.5 cm³/mol. The second kappa shape index (κ2) is 6.41. The van der Waals surface area contributed by atoms with Crippen LogP contribution >= 0.6 is 0 Å². The Balaban J connectivity index is 2.13. The number of nitrogens with zero attached hydrogens (tertiary/aromatic N) is 2. The third kappa shape index (κ3) is 3.16. The van der Waals surface area contributed by atoms with E-state index in [-0.39, 0.29) is 11.9 Å². The lowest BCUT2D eigenvalue weighted by Crippen LogP contribution is -2.42. The van der Waals surface area contributed by atoms with Gasteiger partial charge >= 0.3 is 0 Å². The van der Waals surface area contributed by atoms with Gasteiger partial charge in [0.1, 0.15) is 6.04 Å². The Kier molecular flexibility index (Phi) is 4.60. The minimum Gasteiger partial charge on any atom is -0.384 e. The molecule has 104 valence electrons. The Morgan fingerprint density at radius 1 is 1.53 bits per heavy atom. The molecular formula is C14H22N4O. The fraction of sp³-hybridized carbons (Fsp3) is 0.571. The molecule has 1 unspecified atom stereocenters. The van der Waals surface area contributed by atoms with Gasteiger partial charge in [0.05, 0.1) is 23.8 Å². The highest BCUT2D eigenvalue weighted by molar-refractivity contribution is 5.85. The number of amides is 1. The van der Waals surface area contributed by atoms with Crippen LogP contribution in [0.1, 0.15) is 26.2 Å². The number of pyridine rings is 1. The fourth-order valence-corrected chi connectivity index (χ4v) is 2.47. The van der Waals surface area contributed by atoms with Crippen molar-refractivity contribution >= 4 is 17.3 Å². The summed E-state index contributed by atoms with van der Waals surface area (Å²) in [5, 5.41) is 6.07. The van der Waals surface area contributed by atoms with Crippen LogP contribution in [0.5, 0.6) is 0 Å². The summed E-state index contributed by atoms with van der Waals surface area (Å²) in [5.41, 5.74) is 2.04. The molecule has 19 heavy (non-hydrogen) atoms. The monoisotopic (exact) mass is 262 g/mol. The van der Waals surface area contributed by atoms with Gasteiger partial charge in [0.2, 0.25) is 5.91 Å². The lowest BCUT2D eigenvalue weighted by Gasteiger charge is -2.25. The van der Waals surface area contributed by atoms with Gasteiger partial charge in [0.15, 0.2) is 0 Å². The topological polar surface area (TPSA) is 57.3 Å². The van der Waals surface area contributed by atoms with E-state index in [0.29, 0.717) is 0 Å². The van der Waals surface area contributed by atoms with Crippen molar-refractivity contribution in [1.82, 2.24) is 10.3 Å². The van der Waals surface area contributed by atoms with Gasteiger partial charge in [-0.2, -0.15) is 0 Å². The molecule has 1 aliphatic rings. The van der Waals surface area contributed by atoms with Crippen molar-refractivity contribution in [2.75, 3.05) is 30.4 Å². The molecule has 2 rings (SSSR count). The van der Waals surface area contributed by atoms with Crippen LogP contribution in [0, 0.1) is 0 Å². The predicted octanol–water partition coefficient (Wildman–Crippen LogP) is 1.62. The van der Waals surface area contributed by atoms with Crippen LogP contribution in [0.2, 0.25) is 0 Å². The zero-order chi connectivity index (χ0) is 13.7. The first-order valence-corrected chi connectivity index (χ1v) is 6.93. The van der Waals surface area contributed by atoms with Crippen LogP contribution < -0.4 is 15.5 Å². The van der Waals surface area contributed by atoms with Gasteiger partial charge in [-0.25, -0.2) is 0 Å². The van der Waals surface area contributed by atoms with Crippen LogP contribution in [0.15, 0.2) is 18.5 Å². The number of hydrogen-bond acceptors (Lipinski definition) is 4. The van der Waals surface area contributed by atoms with E-state index in [2.05, 4.69) is 33.5 Å². The number of nitrogens with one attached hydrogen (secondary N) is 2. The molecule has 0 aromatic carbocycles. The van der Waals surface area contributed by atoms with E-state index >= 15 is 0 Å². The third-order valence-corrected chi connectivity index (χ3v) is 3.44. The van der Waals surface area contributed by atoms with Crippen LogP contribution in [-0.4, -0.2) is 37.1 Å². The summed E-state index contributed by atoms with van der Waals surface area (Å²) in [7, 11) is 1.69. The summed E-state index contributed by atoms with van der Waals surface area (Å²) in [6.45, 7) is 3.98. The number of aromatic nitrogens is 1. The molecule has 0 saturated carbocycles. The average Bonchev–Trinajstić information content (AvgIpc) is 2.94. The molecule has 0 spiro atoms. The van der Waals surface area contributed by atoms with Gasteiger partial charge in [-0.05, 0) is 25.3 Å². The minimum atomic E-state index is -0.0618. The smallest absolute Gasteiger partial charge is 0.242 e. The first-order valence-electron chi connectivity index (χ1n) is 6.93. The summed E-state index contributed by atoms with van der Waals surface area (Å²) >= 11 is 0. The molecule has 0 bridgehead atoms. The standard InChI is InChI=1S/C14H22N4O/c1-3-6-17-11-8-12(10-16-9-11)18-7-4-5-13(18)14(19)15-2/h8-10,13,17H,3-7H2,1-2H3,(H,15,19). The molecule has 5 heteroatoms. The van der Waals surface area contributed by atoms with Crippen LogP contribution in [-0.2, 0) is 4.79 Å². The van der Waals surface area contributed by atoms with Gasteiger partial charge in [-0.1, -0.05) is 6.92 Å². The number of carbonyl (C=O) groups excluding carboxylic acids is 1. The highest BCUT2D eigenvalue weighted by Gasteiger charge is 2.30. The summed E-state index contributed by atoms with van der Waals surface area (Å²) < 4.78 is 0. The van der Waals surface area contributed by atoms with Crippen molar-refractivity contribution < 1.29 is 4.79 Å². The lowest BCUT2D eigenvalue weighted by molar-refractivity contribution is -0.121. The quantitative estimate of drug-likeness (QED) is 0.846. The first kappa shape index (κ1) is 13.6. The number of rotatable bonds is 5. The normalized spacial score (nSPS) is 18.4. The number of anilines is 2. The van der Waals surface area contributed by atoms with Crippen molar-refractivity contribution in [2.45, 2.75) is 32.2 Å². The van der Waals surface area contributed by atoms with Crippen molar-refractivity contribution in [2.24, 2.45) is 0 Å². The van der Waals surface area contributed by atoms with E-state index in [1.54, 1.807) is 7.05 Å².